The van der Waals surface area contributed by atoms with E-state index in [1.165, 1.54) is 16.0 Å². The Labute approximate surface area is 377 Å². The largest absolute Gasteiger partial charge is 0.480 e. The second kappa shape index (κ2) is 24.5. The molecule has 65 heavy (non-hydrogen) atoms. The molecule has 0 radical (unpaired) electrons. The van der Waals surface area contributed by atoms with Gasteiger partial charge >= 0.3 is 17.9 Å². The SMILES string of the molecule is CCN1CCN(CC(=O)O)CCN(CC(=O)O)CCN(CC(=O)N(CCCNC(=O)c2ccc(-c3ccc4nccc(C(=O)NCC(=O)N5CCCC5C#N)c4c3)cc2)CC(=O)O)CC1. The molecule has 2 fully saturated rings. The Kier molecular flexibility index (Phi) is 18.7. The van der Waals surface area contributed by atoms with Crippen molar-refractivity contribution in [1.82, 2.24) is 45.0 Å². The highest BCUT2D eigenvalue weighted by Crippen LogP contribution is 2.26. The first-order valence-electron chi connectivity index (χ1n) is 21.8. The van der Waals surface area contributed by atoms with E-state index in [-0.39, 0.29) is 57.5 Å². The van der Waals surface area contributed by atoms with E-state index >= 15 is 0 Å². The number of carboxylic acid groups (broad SMARTS) is 3. The van der Waals surface area contributed by atoms with Crippen LogP contribution in [0.4, 0.5) is 0 Å². The minimum absolute atomic E-state index is 0.0665. The summed E-state index contributed by atoms with van der Waals surface area (Å²) in [5.41, 5.74) is 2.81. The maximum absolute atomic E-state index is 13.6. The quantitative estimate of drug-likeness (QED) is 0.110. The van der Waals surface area contributed by atoms with Gasteiger partial charge in [0, 0.05) is 89.1 Å². The van der Waals surface area contributed by atoms with Gasteiger partial charge in [-0.1, -0.05) is 25.1 Å². The molecule has 20 heteroatoms. The number of carbonyl (C=O) groups is 7. The fourth-order valence-corrected chi connectivity index (χ4v) is 7.96. The van der Waals surface area contributed by atoms with Crippen LogP contribution in [0.1, 0.15) is 46.9 Å². The van der Waals surface area contributed by atoms with Gasteiger partial charge in [0.25, 0.3) is 11.8 Å². The third-order valence-electron chi connectivity index (χ3n) is 11.6. The van der Waals surface area contributed by atoms with E-state index in [0.717, 1.165) is 17.5 Å². The van der Waals surface area contributed by atoms with E-state index in [0.29, 0.717) is 93.9 Å². The standard InChI is InChI=1S/C45H58N10O10/c1-2-50-17-19-51(21-22-53(30-42(60)61)24-23-52(20-18-50)29-41(58)59)28-40(57)54(31-43(62)63)15-4-13-48-44(64)33-8-6-32(7-9-33)34-10-11-38-37(25-34)36(12-14-47-38)45(65)49-27-39(56)55-16-3-5-35(55)26-46/h6-12,14,25,35H,2-5,13,15-24,27-31H2,1H3,(H,48,64)(H,49,65)(H,58,59)(H,60,61)(H,62,63). The molecule has 2 aliphatic heterocycles. The van der Waals surface area contributed by atoms with Gasteiger partial charge in [-0.15, -0.1) is 0 Å². The number of aromatic nitrogens is 1. The summed E-state index contributed by atoms with van der Waals surface area (Å²) in [6.45, 7) is 5.46. The number of likely N-dealkylation sites (tertiary alicyclic amines) is 1. The van der Waals surface area contributed by atoms with Gasteiger partial charge in [-0.2, -0.15) is 5.26 Å². The smallest absolute Gasteiger partial charge is 0.323 e. The molecule has 1 unspecified atom stereocenters. The zero-order valence-corrected chi connectivity index (χ0v) is 36.7. The van der Waals surface area contributed by atoms with Crippen LogP contribution < -0.4 is 10.6 Å². The summed E-state index contributed by atoms with van der Waals surface area (Å²) in [5, 5.41) is 44.0. The van der Waals surface area contributed by atoms with Gasteiger partial charge < -0.3 is 40.7 Å². The van der Waals surface area contributed by atoms with Crippen LogP contribution in [-0.2, 0) is 24.0 Å². The van der Waals surface area contributed by atoms with E-state index in [4.69, 9.17) is 0 Å². The van der Waals surface area contributed by atoms with Crippen molar-refractivity contribution in [2.45, 2.75) is 32.2 Å². The molecule has 0 saturated carbocycles. The van der Waals surface area contributed by atoms with Crippen LogP contribution in [0.2, 0.25) is 0 Å². The van der Waals surface area contributed by atoms with Gasteiger partial charge in [-0.25, -0.2) is 0 Å². The lowest BCUT2D eigenvalue weighted by Crippen LogP contribution is -2.50. The van der Waals surface area contributed by atoms with Gasteiger partial charge in [0.1, 0.15) is 12.6 Å². The number of likely N-dealkylation sites (N-methyl/N-ethyl adjacent to an activating group) is 1. The normalized spacial score (nSPS) is 17.0. The molecule has 2 saturated heterocycles. The molecule has 1 aromatic heterocycles. The second-order valence-electron chi connectivity index (χ2n) is 16.1. The van der Waals surface area contributed by atoms with Gasteiger partial charge in [-0.05, 0) is 67.3 Å². The summed E-state index contributed by atoms with van der Waals surface area (Å²) in [4.78, 5) is 102. The number of nitriles is 1. The number of fused-ring (bicyclic) bond motifs is 1. The lowest BCUT2D eigenvalue weighted by Gasteiger charge is -2.33. The van der Waals surface area contributed by atoms with Gasteiger partial charge in [0.2, 0.25) is 11.8 Å². The lowest BCUT2D eigenvalue weighted by molar-refractivity contribution is -0.145. The molecule has 3 heterocycles. The topological polar surface area (TPSA) is 260 Å². The van der Waals surface area contributed by atoms with E-state index in [9.17, 15) is 54.1 Å². The number of nitrogens with one attached hydrogen (secondary N) is 2. The van der Waals surface area contributed by atoms with Crippen molar-refractivity contribution in [1.29, 1.82) is 5.26 Å². The van der Waals surface area contributed by atoms with Crippen LogP contribution in [0.15, 0.2) is 54.7 Å². The Morgan fingerprint density at radius 1 is 0.738 bits per heavy atom. The Morgan fingerprint density at radius 3 is 1.92 bits per heavy atom. The van der Waals surface area contributed by atoms with Crippen LogP contribution in [0.5, 0.6) is 0 Å². The molecule has 2 aromatic carbocycles. The first kappa shape index (κ1) is 49.5. The molecule has 5 rings (SSSR count). The third-order valence-corrected chi connectivity index (χ3v) is 11.6. The number of carboxylic acids is 3. The summed E-state index contributed by atoms with van der Waals surface area (Å²) in [7, 11) is 0. The van der Waals surface area contributed by atoms with Crippen molar-refractivity contribution >= 4 is 52.4 Å². The van der Waals surface area contributed by atoms with E-state index < -0.39 is 42.3 Å². The van der Waals surface area contributed by atoms with Gasteiger partial charge in [-0.3, -0.25) is 53.2 Å². The first-order chi connectivity index (χ1) is 31.2. The van der Waals surface area contributed by atoms with Crippen LogP contribution in [0, 0.1) is 11.3 Å². The highest BCUT2D eigenvalue weighted by molar-refractivity contribution is 6.07. The highest BCUT2D eigenvalue weighted by atomic mass is 16.4. The van der Waals surface area contributed by atoms with E-state index in [2.05, 4.69) is 26.6 Å². The number of aliphatic carboxylic acids is 3. The molecule has 5 N–H and O–H groups in total. The Hall–Kier alpha value is -6.53. The number of nitrogens with zero attached hydrogens (tertiary/aromatic N) is 8. The Morgan fingerprint density at radius 2 is 1.34 bits per heavy atom. The van der Waals surface area contributed by atoms with Crippen molar-refractivity contribution in [3.63, 3.8) is 0 Å². The number of amides is 4. The first-order valence-corrected chi connectivity index (χ1v) is 21.8. The zero-order valence-electron chi connectivity index (χ0n) is 36.7. The summed E-state index contributed by atoms with van der Waals surface area (Å²) in [5.74, 6) is -4.73. The van der Waals surface area contributed by atoms with E-state index in [1.807, 2.05) is 24.0 Å². The Bertz CT molecular complexity index is 2220. The maximum atomic E-state index is 13.6. The molecular weight excluding hydrogens is 841 g/mol. The highest BCUT2D eigenvalue weighted by Gasteiger charge is 2.29. The Balaban J connectivity index is 1.15. The molecule has 0 spiro atoms. The molecule has 3 aromatic rings. The summed E-state index contributed by atoms with van der Waals surface area (Å²) >= 11 is 0. The third kappa shape index (κ3) is 15.0. The summed E-state index contributed by atoms with van der Waals surface area (Å²) in [6, 6.07) is 15.5. The van der Waals surface area contributed by atoms with Crippen LogP contribution in [-0.4, -0.2) is 209 Å². The molecule has 0 aliphatic carbocycles. The van der Waals surface area contributed by atoms with Gasteiger partial charge in [0.05, 0.1) is 43.3 Å². The molecule has 2 aliphatic rings. The number of benzene rings is 2. The van der Waals surface area contributed by atoms with Crippen molar-refractivity contribution in [3.8, 4) is 17.2 Å². The van der Waals surface area contributed by atoms with E-state index in [1.54, 1.807) is 46.2 Å². The average molecular weight is 899 g/mol. The molecule has 1 atom stereocenters. The van der Waals surface area contributed by atoms with Crippen LogP contribution >= 0.6 is 0 Å². The number of carbonyl (C=O) groups excluding carboxylic acids is 4. The number of rotatable bonds is 18. The number of hydrogen-bond donors (Lipinski definition) is 5. The lowest BCUT2D eigenvalue weighted by atomic mass is 9.99. The van der Waals surface area contributed by atoms with Crippen LogP contribution in [0.3, 0.4) is 0 Å². The average Bonchev–Trinajstić information content (AvgIpc) is 3.77. The molecule has 20 nitrogen and oxygen atoms in total. The predicted molar refractivity (Wildman–Crippen MR) is 238 cm³/mol. The predicted octanol–water partition coefficient (Wildman–Crippen LogP) is 0.590. The van der Waals surface area contributed by atoms with Crippen molar-refractivity contribution in [3.05, 3.63) is 65.9 Å². The minimum atomic E-state index is -1.19. The molecule has 4 amide bonds. The minimum Gasteiger partial charge on any atom is -0.480 e. The number of pyridine rings is 1. The maximum Gasteiger partial charge on any atom is 0.323 e. The van der Waals surface area contributed by atoms with Gasteiger partial charge in [0.15, 0.2) is 0 Å². The van der Waals surface area contributed by atoms with Crippen molar-refractivity contribution < 1.29 is 48.9 Å². The van der Waals surface area contributed by atoms with Crippen LogP contribution in [0.25, 0.3) is 22.0 Å². The molecule has 0 bridgehead atoms. The molecule has 348 valence electrons. The van der Waals surface area contributed by atoms with Crippen molar-refractivity contribution in [2.75, 3.05) is 111 Å². The second-order valence-corrected chi connectivity index (χ2v) is 16.1. The zero-order chi connectivity index (χ0) is 46.9. The fourth-order valence-electron chi connectivity index (χ4n) is 7.96. The summed E-state index contributed by atoms with van der Waals surface area (Å²) < 4.78 is 0. The summed E-state index contributed by atoms with van der Waals surface area (Å²) in [6.07, 6.45) is 3.15. The van der Waals surface area contributed by atoms with Crippen molar-refractivity contribution in [2.24, 2.45) is 0 Å². The fraction of sp³-hybridized carbons (Fsp3) is 0.489. The molecular formula is C45H58N10O10. The number of hydrogen-bond acceptors (Lipinski definition) is 13. The monoisotopic (exact) mass is 898 g/mol.